The second-order valence-corrected chi connectivity index (χ2v) is 6.64. The molecule has 3 aliphatic rings. The summed E-state index contributed by atoms with van der Waals surface area (Å²) in [5, 5.41) is 2.56. The number of furan rings is 1. The van der Waals surface area contributed by atoms with E-state index < -0.39 is 0 Å². The zero-order valence-electron chi connectivity index (χ0n) is 12.3. The van der Waals surface area contributed by atoms with Gasteiger partial charge in [0.25, 0.3) is 11.8 Å². The number of hydrogen-bond acceptors (Lipinski definition) is 5. The fourth-order valence-electron chi connectivity index (χ4n) is 3.60. The molecule has 2 aromatic heterocycles. The fraction of sp³-hybridized carbons (Fsp3) is 0.400. The minimum Gasteiger partial charge on any atom is -0.458 e. The summed E-state index contributed by atoms with van der Waals surface area (Å²) in [6.45, 7) is 0.634. The van der Waals surface area contributed by atoms with E-state index in [-0.39, 0.29) is 29.7 Å². The van der Waals surface area contributed by atoms with Crippen LogP contribution in [-0.4, -0.2) is 41.3 Å². The highest BCUT2D eigenvalue weighted by Crippen LogP contribution is 2.53. The van der Waals surface area contributed by atoms with Crippen molar-refractivity contribution in [1.29, 1.82) is 0 Å². The molecule has 1 saturated carbocycles. The quantitative estimate of drug-likeness (QED) is 0.880. The fourth-order valence-corrected chi connectivity index (χ4v) is 3.97. The van der Waals surface area contributed by atoms with Crippen molar-refractivity contribution < 1.29 is 18.4 Å². The van der Waals surface area contributed by atoms with Crippen LogP contribution in [0.15, 0.2) is 32.0 Å². The van der Waals surface area contributed by atoms with Crippen molar-refractivity contribution in [1.82, 2.24) is 15.2 Å². The summed E-state index contributed by atoms with van der Waals surface area (Å²) in [6, 6.07) is 1.71. The summed E-state index contributed by atoms with van der Waals surface area (Å²) in [7, 11) is 1.56. The lowest BCUT2D eigenvalue weighted by Gasteiger charge is -2.34. The summed E-state index contributed by atoms with van der Waals surface area (Å²) in [4.78, 5) is 30.3. The van der Waals surface area contributed by atoms with Crippen molar-refractivity contribution >= 4 is 27.7 Å². The van der Waals surface area contributed by atoms with Gasteiger partial charge in [-0.3, -0.25) is 9.59 Å². The first-order valence-electron chi connectivity index (χ1n) is 7.31. The molecule has 5 rings (SSSR count). The van der Waals surface area contributed by atoms with E-state index in [0.717, 1.165) is 6.42 Å². The van der Waals surface area contributed by atoms with Crippen LogP contribution in [0.1, 0.15) is 39.1 Å². The summed E-state index contributed by atoms with van der Waals surface area (Å²) >= 11 is 3.32. The second-order valence-electron chi connectivity index (χ2n) is 5.79. The number of oxazole rings is 1. The van der Waals surface area contributed by atoms with Gasteiger partial charge in [-0.25, -0.2) is 4.98 Å². The molecule has 23 heavy (non-hydrogen) atoms. The maximum Gasteiger partial charge on any atom is 0.291 e. The first kappa shape index (κ1) is 14.5. The number of nitrogens with zero attached hydrogens (tertiary/aromatic N) is 2. The molecule has 4 heterocycles. The predicted molar refractivity (Wildman–Crippen MR) is 82.0 cm³/mol. The number of amides is 2. The van der Waals surface area contributed by atoms with Crippen LogP contribution in [-0.2, 0) is 0 Å². The maximum absolute atomic E-state index is 12.6. The van der Waals surface area contributed by atoms with Crippen molar-refractivity contribution in [3.63, 3.8) is 0 Å². The summed E-state index contributed by atoms with van der Waals surface area (Å²) < 4.78 is 11.4. The highest BCUT2D eigenvalue weighted by molar-refractivity contribution is 9.10. The third kappa shape index (κ3) is 2.04. The Labute approximate surface area is 140 Å². The standard InChI is InChI=1S/C15H14BrN3O4/c1-17-14(20)11-13(23-6-18-11)10-7-4-9(10)19(5-7)15(21)12-8(16)2-3-22-12/h2-3,6-7,9-10H,4-5H2,1H3,(H,17,20). The molecular weight excluding hydrogens is 366 g/mol. The molecule has 0 spiro atoms. The van der Waals surface area contributed by atoms with E-state index in [1.165, 1.54) is 12.7 Å². The molecule has 7 nitrogen and oxygen atoms in total. The molecule has 3 unspecified atom stereocenters. The molecule has 2 bridgehead atoms. The first-order chi connectivity index (χ1) is 11.1. The van der Waals surface area contributed by atoms with Crippen LogP contribution >= 0.6 is 15.9 Å². The van der Waals surface area contributed by atoms with E-state index in [2.05, 4.69) is 26.2 Å². The van der Waals surface area contributed by atoms with Gasteiger partial charge in [-0.05, 0) is 34.3 Å². The molecule has 1 N–H and O–H groups in total. The number of rotatable bonds is 3. The van der Waals surface area contributed by atoms with Gasteiger partial charge in [0.2, 0.25) is 5.76 Å². The normalized spacial score (nSPS) is 25.3. The Morgan fingerprint density at radius 3 is 2.96 bits per heavy atom. The van der Waals surface area contributed by atoms with Crippen molar-refractivity contribution in [2.75, 3.05) is 13.6 Å². The van der Waals surface area contributed by atoms with Gasteiger partial charge >= 0.3 is 0 Å². The van der Waals surface area contributed by atoms with Crippen LogP contribution in [0.25, 0.3) is 0 Å². The van der Waals surface area contributed by atoms with Crippen molar-refractivity contribution in [2.24, 2.45) is 5.92 Å². The van der Waals surface area contributed by atoms with Gasteiger partial charge in [0, 0.05) is 25.6 Å². The highest BCUT2D eigenvalue weighted by Gasteiger charge is 2.57. The lowest BCUT2D eigenvalue weighted by atomic mass is 9.72. The molecule has 0 radical (unpaired) electrons. The zero-order chi connectivity index (χ0) is 16.1. The average Bonchev–Trinajstić information content (AvgIpc) is 3.28. The minimum atomic E-state index is -0.272. The number of fused-ring (bicyclic) bond motifs is 1. The third-order valence-corrected chi connectivity index (χ3v) is 5.33. The molecule has 1 aliphatic carbocycles. The maximum atomic E-state index is 12.6. The van der Waals surface area contributed by atoms with Gasteiger partial charge in [-0.2, -0.15) is 0 Å². The van der Waals surface area contributed by atoms with Crippen LogP contribution in [0.3, 0.4) is 0 Å². The smallest absolute Gasteiger partial charge is 0.291 e. The molecule has 2 aliphatic heterocycles. The van der Waals surface area contributed by atoms with Gasteiger partial charge in [-0.15, -0.1) is 0 Å². The first-order valence-corrected chi connectivity index (χ1v) is 8.10. The van der Waals surface area contributed by atoms with E-state index in [0.29, 0.717) is 28.2 Å². The Balaban J connectivity index is 1.60. The summed E-state index contributed by atoms with van der Waals surface area (Å²) in [6.07, 6.45) is 3.67. The zero-order valence-corrected chi connectivity index (χ0v) is 13.9. The number of carbonyl (C=O) groups is 2. The molecule has 2 aromatic rings. The number of hydrogen-bond donors (Lipinski definition) is 1. The minimum absolute atomic E-state index is 0.0147. The molecular formula is C15H14BrN3O4. The van der Waals surface area contributed by atoms with Crippen LogP contribution in [0.5, 0.6) is 0 Å². The van der Waals surface area contributed by atoms with Gasteiger partial charge in [0.15, 0.2) is 12.1 Å². The van der Waals surface area contributed by atoms with E-state index in [4.69, 9.17) is 8.83 Å². The van der Waals surface area contributed by atoms with Crippen molar-refractivity contribution in [3.8, 4) is 0 Å². The Kier molecular flexibility index (Phi) is 3.29. The molecule has 3 fully saturated rings. The highest BCUT2D eigenvalue weighted by atomic mass is 79.9. The van der Waals surface area contributed by atoms with Gasteiger partial charge in [0.05, 0.1) is 10.7 Å². The monoisotopic (exact) mass is 379 g/mol. The Bertz CT molecular complexity index is 783. The lowest BCUT2D eigenvalue weighted by molar-refractivity contribution is 0.0696. The van der Waals surface area contributed by atoms with Gasteiger partial charge in [-0.1, -0.05) is 0 Å². The Hall–Kier alpha value is -2.09. The van der Waals surface area contributed by atoms with Crippen LogP contribution < -0.4 is 5.32 Å². The Morgan fingerprint density at radius 1 is 1.43 bits per heavy atom. The summed E-state index contributed by atoms with van der Waals surface area (Å²) in [5.74, 6) is 0.765. The summed E-state index contributed by atoms with van der Waals surface area (Å²) in [5.41, 5.74) is 0.306. The number of halogens is 1. The third-order valence-electron chi connectivity index (χ3n) is 4.71. The molecule has 2 saturated heterocycles. The van der Waals surface area contributed by atoms with E-state index >= 15 is 0 Å². The average molecular weight is 380 g/mol. The number of nitrogens with one attached hydrogen (secondary N) is 1. The molecule has 0 aromatic carbocycles. The SMILES string of the molecule is CNC(=O)c1ncoc1C1C2CC1N(C(=O)c1occc1Br)C2. The molecule has 3 atom stereocenters. The van der Waals surface area contributed by atoms with Crippen LogP contribution in [0.4, 0.5) is 0 Å². The van der Waals surface area contributed by atoms with E-state index in [1.54, 1.807) is 18.0 Å². The molecule has 2 amide bonds. The van der Waals surface area contributed by atoms with Crippen LogP contribution in [0.2, 0.25) is 0 Å². The van der Waals surface area contributed by atoms with E-state index in [1.807, 2.05) is 0 Å². The predicted octanol–water partition coefficient (Wildman–Crippen LogP) is 2.02. The number of aromatic nitrogens is 1. The largest absolute Gasteiger partial charge is 0.458 e. The van der Waals surface area contributed by atoms with Gasteiger partial charge < -0.3 is 19.1 Å². The van der Waals surface area contributed by atoms with Crippen molar-refractivity contribution in [2.45, 2.75) is 18.4 Å². The van der Waals surface area contributed by atoms with Gasteiger partial charge in [0.1, 0.15) is 5.76 Å². The molecule has 8 heteroatoms. The molecule has 120 valence electrons. The Morgan fingerprint density at radius 2 is 2.26 bits per heavy atom. The second kappa shape index (κ2) is 5.23. The van der Waals surface area contributed by atoms with Crippen molar-refractivity contribution in [3.05, 3.63) is 40.4 Å². The lowest BCUT2D eigenvalue weighted by Crippen LogP contribution is -2.40. The topological polar surface area (TPSA) is 88.6 Å². The van der Waals surface area contributed by atoms with Crippen LogP contribution in [0, 0.1) is 5.92 Å². The number of carbonyl (C=O) groups excluding carboxylic acids is 2. The van der Waals surface area contributed by atoms with E-state index in [9.17, 15) is 9.59 Å².